The maximum atomic E-state index is 13.0. The second-order valence-electron chi connectivity index (χ2n) is 7.82. The van der Waals surface area contributed by atoms with Crippen molar-refractivity contribution in [1.82, 2.24) is 4.90 Å². The predicted octanol–water partition coefficient (Wildman–Crippen LogP) is 2.95. The van der Waals surface area contributed by atoms with Crippen molar-refractivity contribution in [3.63, 3.8) is 0 Å². The summed E-state index contributed by atoms with van der Waals surface area (Å²) in [6, 6.07) is 15.2. The zero-order valence-electron chi connectivity index (χ0n) is 18.3. The molecule has 0 aromatic heterocycles. The summed E-state index contributed by atoms with van der Waals surface area (Å²) in [5.74, 6) is 1.16. The molecule has 31 heavy (non-hydrogen) atoms. The fraction of sp³-hybridized carbons (Fsp3) is 0.435. The van der Waals surface area contributed by atoms with Crippen molar-refractivity contribution in [1.29, 1.82) is 0 Å². The van der Waals surface area contributed by atoms with Crippen molar-refractivity contribution in [2.75, 3.05) is 44.4 Å². The van der Waals surface area contributed by atoms with Gasteiger partial charge in [0.25, 0.3) is 0 Å². The van der Waals surface area contributed by atoms with Gasteiger partial charge in [-0.1, -0.05) is 30.3 Å². The van der Waals surface area contributed by atoms with Crippen LogP contribution < -0.4 is 13.8 Å². The number of amides is 1. The normalized spacial score (nSPS) is 14.9. The zero-order valence-corrected chi connectivity index (χ0v) is 19.1. The Labute approximate surface area is 184 Å². The first-order valence-corrected chi connectivity index (χ1v) is 12.2. The number of rotatable bonds is 8. The number of hydrogen-bond acceptors (Lipinski definition) is 5. The minimum Gasteiger partial charge on any atom is -0.497 e. The smallest absolute Gasteiger partial charge is 0.243 e. The first kappa shape index (κ1) is 22.9. The molecule has 1 fully saturated rings. The molecule has 0 bridgehead atoms. The number of benzene rings is 2. The van der Waals surface area contributed by atoms with Gasteiger partial charge in [-0.15, -0.1) is 0 Å². The Balaban J connectivity index is 1.69. The molecular formula is C23H30N2O5S. The van der Waals surface area contributed by atoms with Crippen molar-refractivity contribution in [2.24, 2.45) is 5.92 Å². The molecule has 168 valence electrons. The Bertz CT molecular complexity index is 986. The van der Waals surface area contributed by atoms with Gasteiger partial charge in [-0.25, -0.2) is 8.42 Å². The molecule has 0 spiro atoms. The van der Waals surface area contributed by atoms with Gasteiger partial charge < -0.3 is 14.4 Å². The maximum absolute atomic E-state index is 13.0. The molecule has 0 atom stereocenters. The van der Waals surface area contributed by atoms with Gasteiger partial charge >= 0.3 is 0 Å². The van der Waals surface area contributed by atoms with Crippen LogP contribution in [0.15, 0.2) is 48.5 Å². The van der Waals surface area contributed by atoms with Gasteiger partial charge in [0.1, 0.15) is 18.0 Å². The van der Waals surface area contributed by atoms with E-state index >= 15 is 0 Å². The van der Waals surface area contributed by atoms with E-state index in [1.54, 1.807) is 23.1 Å². The number of nitrogens with zero attached hydrogens (tertiary/aromatic N) is 2. The summed E-state index contributed by atoms with van der Waals surface area (Å²) in [6.07, 6.45) is 3.90. The minimum absolute atomic E-state index is 0.214. The number of hydrogen-bond donors (Lipinski definition) is 0. The molecule has 3 rings (SSSR count). The monoisotopic (exact) mass is 446 g/mol. The topological polar surface area (TPSA) is 76.2 Å². The lowest BCUT2D eigenvalue weighted by Gasteiger charge is -2.34. The van der Waals surface area contributed by atoms with E-state index in [0.717, 1.165) is 29.8 Å². The summed E-state index contributed by atoms with van der Waals surface area (Å²) < 4.78 is 36.7. The summed E-state index contributed by atoms with van der Waals surface area (Å²) in [5.41, 5.74) is 1.59. The number of sulfonamides is 1. The number of piperidine rings is 1. The fourth-order valence-electron chi connectivity index (χ4n) is 3.93. The number of anilines is 1. The quantitative estimate of drug-likeness (QED) is 0.623. The van der Waals surface area contributed by atoms with Crippen molar-refractivity contribution in [3.05, 3.63) is 54.1 Å². The van der Waals surface area contributed by atoms with Crippen LogP contribution in [0, 0.1) is 5.92 Å². The van der Waals surface area contributed by atoms with Crippen LogP contribution in [0.25, 0.3) is 0 Å². The standard InChI is InChI=1S/C23H30N2O5S/c1-29-20-9-10-22(30-2)21(16-20)25(31(3,27)28)17-23(26)24-13-11-19(12-14-24)15-18-7-5-4-6-8-18/h4-10,16,19H,11-15,17H2,1-3H3. The SMILES string of the molecule is COc1ccc(OC)c(N(CC(=O)N2CCC(Cc3ccccc3)CC2)S(C)(=O)=O)c1. The molecule has 1 aliphatic rings. The molecule has 1 amide bonds. The first-order chi connectivity index (χ1) is 14.8. The van der Waals surface area contributed by atoms with E-state index in [4.69, 9.17) is 9.47 Å². The first-order valence-electron chi connectivity index (χ1n) is 10.3. The van der Waals surface area contributed by atoms with Gasteiger partial charge in [-0.05, 0) is 42.9 Å². The molecule has 2 aromatic rings. The van der Waals surface area contributed by atoms with Gasteiger partial charge in [0.15, 0.2) is 0 Å². The van der Waals surface area contributed by atoms with Crippen molar-refractivity contribution in [2.45, 2.75) is 19.3 Å². The van der Waals surface area contributed by atoms with Crippen LogP contribution in [0.3, 0.4) is 0 Å². The fourth-order valence-corrected chi connectivity index (χ4v) is 4.77. The van der Waals surface area contributed by atoms with Gasteiger partial charge in [0, 0.05) is 19.2 Å². The van der Waals surface area contributed by atoms with E-state index in [9.17, 15) is 13.2 Å². The van der Waals surface area contributed by atoms with E-state index in [1.165, 1.54) is 19.8 Å². The lowest BCUT2D eigenvalue weighted by Crippen LogP contribution is -2.46. The molecule has 7 nitrogen and oxygen atoms in total. The highest BCUT2D eigenvalue weighted by Crippen LogP contribution is 2.34. The third kappa shape index (κ3) is 5.91. The Morgan fingerprint density at radius 1 is 1.06 bits per heavy atom. The van der Waals surface area contributed by atoms with Gasteiger partial charge in [-0.2, -0.15) is 0 Å². The molecule has 8 heteroatoms. The number of carbonyl (C=O) groups excluding carboxylic acids is 1. The van der Waals surface area contributed by atoms with Crippen LogP contribution in [-0.4, -0.2) is 59.3 Å². The van der Waals surface area contributed by atoms with Crippen LogP contribution in [0.2, 0.25) is 0 Å². The van der Waals surface area contributed by atoms with E-state index in [1.807, 2.05) is 18.2 Å². The number of methoxy groups -OCH3 is 2. The highest BCUT2D eigenvalue weighted by molar-refractivity contribution is 7.92. The average Bonchev–Trinajstić information content (AvgIpc) is 2.77. The maximum Gasteiger partial charge on any atom is 0.243 e. The Hall–Kier alpha value is -2.74. The molecule has 2 aromatic carbocycles. The lowest BCUT2D eigenvalue weighted by molar-refractivity contribution is -0.130. The van der Waals surface area contributed by atoms with Gasteiger partial charge in [0.2, 0.25) is 15.9 Å². The summed E-state index contributed by atoms with van der Waals surface area (Å²) in [6.45, 7) is 0.984. The molecule has 0 N–H and O–H groups in total. The number of ether oxygens (including phenoxy) is 2. The largest absolute Gasteiger partial charge is 0.497 e. The molecule has 1 saturated heterocycles. The third-order valence-corrected chi connectivity index (χ3v) is 6.79. The molecule has 1 aliphatic heterocycles. The Kier molecular flexibility index (Phi) is 7.43. The number of carbonyl (C=O) groups is 1. The van der Waals surface area contributed by atoms with Crippen molar-refractivity contribution >= 4 is 21.6 Å². The van der Waals surface area contributed by atoms with Crippen molar-refractivity contribution in [3.8, 4) is 11.5 Å². The van der Waals surface area contributed by atoms with Crippen LogP contribution in [-0.2, 0) is 21.2 Å². The minimum atomic E-state index is -3.71. The summed E-state index contributed by atoms with van der Waals surface area (Å²) in [4.78, 5) is 14.8. The summed E-state index contributed by atoms with van der Waals surface area (Å²) >= 11 is 0. The predicted molar refractivity (Wildman–Crippen MR) is 121 cm³/mol. The summed E-state index contributed by atoms with van der Waals surface area (Å²) in [5, 5.41) is 0. The third-order valence-electron chi connectivity index (χ3n) is 5.67. The van der Waals surface area contributed by atoms with Crippen LogP contribution in [0.1, 0.15) is 18.4 Å². The number of likely N-dealkylation sites (tertiary alicyclic amines) is 1. The highest BCUT2D eigenvalue weighted by atomic mass is 32.2. The molecular weight excluding hydrogens is 416 g/mol. The lowest BCUT2D eigenvalue weighted by atomic mass is 9.90. The van der Waals surface area contributed by atoms with Crippen LogP contribution >= 0.6 is 0 Å². The molecule has 0 saturated carbocycles. The van der Waals surface area contributed by atoms with E-state index in [2.05, 4.69) is 12.1 Å². The molecule has 0 aliphatic carbocycles. The average molecular weight is 447 g/mol. The van der Waals surface area contributed by atoms with Gasteiger partial charge in [-0.3, -0.25) is 9.10 Å². The highest BCUT2D eigenvalue weighted by Gasteiger charge is 2.29. The Morgan fingerprint density at radius 2 is 1.74 bits per heavy atom. The van der Waals surface area contributed by atoms with Crippen LogP contribution in [0.5, 0.6) is 11.5 Å². The van der Waals surface area contributed by atoms with Gasteiger partial charge in [0.05, 0.1) is 26.2 Å². The second kappa shape index (κ2) is 10.0. The zero-order chi connectivity index (χ0) is 22.4. The van der Waals surface area contributed by atoms with Crippen molar-refractivity contribution < 1.29 is 22.7 Å². The molecule has 1 heterocycles. The molecule has 0 radical (unpaired) electrons. The van der Waals surface area contributed by atoms with Crippen LogP contribution in [0.4, 0.5) is 5.69 Å². The summed E-state index contributed by atoms with van der Waals surface area (Å²) in [7, 11) is -0.746. The van der Waals surface area contributed by atoms with E-state index in [-0.39, 0.29) is 18.1 Å². The van der Waals surface area contributed by atoms with E-state index in [0.29, 0.717) is 30.5 Å². The Morgan fingerprint density at radius 3 is 2.32 bits per heavy atom. The van der Waals surface area contributed by atoms with E-state index < -0.39 is 10.0 Å². The molecule has 0 unspecified atom stereocenters. The second-order valence-corrected chi connectivity index (χ2v) is 9.73.